The van der Waals surface area contributed by atoms with E-state index in [2.05, 4.69) is 25.7 Å². The number of carbonyl (C=O) groups is 2. The van der Waals surface area contributed by atoms with Crippen molar-refractivity contribution in [3.8, 4) is 0 Å². The summed E-state index contributed by atoms with van der Waals surface area (Å²) in [6.45, 7) is 1.56. The molecule has 2 aliphatic rings. The van der Waals surface area contributed by atoms with Crippen LogP contribution >= 0.6 is 0 Å². The first kappa shape index (κ1) is 15.9. The van der Waals surface area contributed by atoms with Crippen LogP contribution in [-0.4, -0.2) is 56.2 Å². The molecule has 3 N–H and O–H groups in total. The van der Waals surface area contributed by atoms with Crippen LogP contribution in [0.3, 0.4) is 0 Å². The Morgan fingerprint density at radius 3 is 2.68 bits per heavy atom. The van der Waals surface area contributed by atoms with Gasteiger partial charge in [-0.05, 0) is 43.2 Å². The van der Waals surface area contributed by atoms with Gasteiger partial charge in [-0.1, -0.05) is 0 Å². The third-order valence-electron chi connectivity index (χ3n) is 5.34. The van der Waals surface area contributed by atoms with Crippen LogP contribution in [0.2, 0.25) is 0 Å². The summed E-state index contributed by atoms with van der Waals surface area (Å²) in [5, 5.41) is 16.4. The smallest absolute Gasteiger partial charge is 0.271 e. The van der Waals surface area contributed by atoms with Crippen molar-refractivity contribution < 1.29 is 9.59 Å². The highest BCUT2D eigenvalue weighted by molar-refractivity contribution is 5.92. The average Bonchev–Trinajstić information content (AvgIpc) is 3.35. The molecule has 0 spiro atoms. The molecule has 1 aliphatic heterocycles. The van der Waals surface area contributed by atoms with E-state index in [1.54, 1.807) is 18.5 Å². The van der Waals surface area contributed by atoms with Gasteiger partial charge in [0, 0.05) is 37.2 Å². The fraction of sp³-hybridized carbons (Fsp3) is 0.529. The number of rotatable bonds is 4. The molecular weight excluding hydrogens is 320 g/mol. The number of hydrogen-bond acceptors (Lipinski definition) is 4. The molecule has 0 bridgehead atoms. The highest BCUT2D eigenvalue weighted by Gasteiger charge is 2.40. The Hall–Kier alpha value is -2.64. The molecule has 8 heteroatoms. The average molecular weight is 342 g/mol. The largest absolute Gasteiger partial charge is 0.353 e. The molecule has 8 nitrogen and oxygen atoms in total. The van der Waals surface area contributed by atoms with Crippen LogP contribution < -0.4 is 5.32 Å². The van der Waals surface area contributed by atoms with E-state index in [0.29, 0.717) is 24.0 Å². The minimum absolute atomic E-state index is 0.0201. The van der Waals surface area contributed by atoms with E-state index in [4.69, 9.17) is 0 Å². The van der Waals surface area contributed by atoms with E-state index in [0.717, 1.165) is 38.0 Å². The zero-order valence-electron chi connectivity index (χ0n) is 13.9. The molecule has 3 heterocycles. The second kappa shape index (κ2) is 6.70. The summed E-state index contributed by atoms with van der Waals surface area (Å²) in [6.07, 6.45) is 6.54. The quantitative estimate of drug-likeness (QED) is 0.761. The minimum Gasteiger partial charge on any atom is -0.353 e. The molecule has 1 saturated carbocycles. The van der Waals surface area contributed by atoms with Gasteiger partial charge in [-0.2, -0.15) is 10.2 Å². The summed E-state index contributed by atoms with van der Waals surface area (Å²) in [5.41, 5.74) is 1.37. The second-order valence-electron chi connectivity index (χ2n) is 7.04. The molecule has 0 radical (unpaired) electrons. The molecule has 0 aromatic carbocycles. The summed E-state index contributed by atoms with van der Waals surface area (Å²) in [4.78, 5) is 26.5. The number of nitrogens with zero attached hydrogens (tertiary/aromatic N) is 3. The predicted octanol–water partition coefficient (Wildman–Crippen LogP) is 0.732. The van der Waals surface area contributed by atoms with E-state index in [9.17, 15) is 9.59 Å². The van der Waals surface area contributed by atoms with Gasteiger partial charge in [0.1, 0.15) is 5.69 Å². The fourth-order valence-corrected chi connectivity index (χ4v) is 4.11. The Morgan fingerprint density at radius 2 is 1.92 bits per heavy atom. The van der Waals surface area contributed by atoms with Gasteiger partial charge in [0.25, 0.3) is 5.91 Å². The highest BCUT2D eigenvalue weighted by atomic mass is 16.2. The molecule has 1 saturated heterocycles. The number of likely N-dealkylation sites (tertiary alicyclic amines) is 1. The summed E-state index contributed by atoms with van der Waals surface area (Å²) < 4.78 is 0. The molecular formula is C17H22N6O2. The van der Waals surface area contributed by atoms with Crippen LogP contribution in [0.25, 0.3) is 0 Å². The Morgan fingerprint density at radius 1 is 1.12 bits per heavy atom. The van der Waals surface area contributed by atoms with Crippen LogP contribution in [0.4, 0.5) is 0 Å². The van der Waals surface area contributed by atoms with E-state index in [-0.39, 0.29) is 17.9 Å². The van der Waals surface area contributed by atoms with Crippen molar-refractivity contribution in [2.24, 2.45) is 11.8 Å². The number of carbonyl (C=O) groups excluding carboxylic acids is 2. The first-order chi connectivity index (χ1) is 12.2. The number of amides is 2. The van der Waals surface area contributed by atoms with Crippen LogP contribution in [0, 0.1) is 11.8 Å². The third-order valence-corrected chi connectivity index (χ3v) is 5.34. The van der Waals surface area contributed by atoms with Gasteiger partial charge in [-0.3, -0.25) is 19.8 Å². The van der Waals surface area contributed by atoms with E-state index < -0.39 is 0 Å². The summed E-state index contributed by atoms with van der Waals surface area (Å²) in [5.74, 6) is 1.04. The SMILES string of the molecule is O=C(Cc1ccn[nH]1)NC1CCC2CN(C(=O)c3ccn[nH]3)CC2C1. The van der Waals surface area contributed by atoms with Gasteiger partial charge in [0.15, 0.2) is 0 Å². The van der Waals surface area contributed by atoms with Crippen LogP contribution in [0.1, 0.15) is 35.4 Å². The normalized spacial score (nSPS) is 25.6. The zero-order valence-corrected chi connectivity index (χ0v) is 13.9. The Labute approximate surface area is 145 Å². The van der Waals surface area contributed by atoms with Crippen LogP contribution in [0.5, 0.6) is 0 Å². The van der Waals surface area contributed by atoms with E-state index in [1.807, 2.05) is 11.0 Å². The van der Waals surface area contributed by atoms with Crippen molar-refractivity contribution in [3.05, 3.63) is 35.9 Å². The zero-order chi connectivity index (χ0) is 17.2. The monoisotopic (exact) mass is 342 g/mol. The molecule has 4 rings (SSSR count). The standard InChI is InChI=1S/C17H22N6O2/c24-16(8-14-3-5-18-21-14)20-13-2-1-11-9-23(10-12(11)7-13)17(25)15-4-6-19-22-15/h3-6,11-13H,1-2,7-10H2,(H,18,21)(H,19,22)(H,20,24). The van der Waals surface area contributed by atoms with Crippen LogP contribution in [-0.2, 0) is 11.2 Å². The van der Waals surface area contributed by atoms with Crippen molar-refractivity contribution in [1.82, 2.24) is 30.6 Å². The first-order valence-corrected chi connectivity index (χ1v) is 8.75. The first-order valence-electron chi connectivity index (χ1n) is 8.75. The number of nitrogens with one attached hydrogen (secondary N) is 3. The molecule has 1 aliphatic carbocycles. The maximum Gasteiger partial charge on any atom is 0.271 e. The topological polar surface area (TPSA) is 107 Å². The lowest BCUT2D eigenvalue weighted by Gasteiger charge is -2.31. The lowest BCUT2D eigenvalue weighted by Crippen LogP contribution is -2.41. The highest BCUT2D eigenvalue weighted by Crippen LogP contribution is 2.36. The van der Waals surface area contributed by atoms with Crippen LogP contribution in [0.15, 0.2) is 24.5 Å². The van der Waals surface area contributed by atoms with Crippen molar-refractivity contribution >= 4 is 11.8 Å². The summed E-state index contributed by atoms with van der Waals surface area (Å²) >= 11 is 0. The molecule has 3 unspecified atom stereocenters. The van der Waals surface area contributed by atoms with Gasteiger partial charge < -0.3 is 10.2 Å². The van der Waals surface area contributed by atoms with Gasteiger partial charge in [-0.25, -0.2) is 0 Å². The van der Waals surface area contributed by atoms with Gasteiger partial charge in [-0.15, -0.1) is 0 Å². The minimum atomic E-state index is 0.0201. The van der Waals surface area contributed by atoms with Crippen molar-refractivity contribution in [3.63, 3.8) is 0 Å². The lowest BCUT2D eigenvalue weighted by molar-refractivity contribution is -0.121. The van der Waals surface area contributed by atoms with E-state index in [1.165, 1.54) is 0 Å². The van der Waals surface area contributed by atoms with Gasteiger partial charge >= 0.3 is 0 Å². The second-order valence-corrected chi connectivity index (χ2v) is 7.04. The molecule has 132 valence electrons. The molecule has 2 aromatic rings. The Kier molecular flexibility index (Phi) is 4.25. The predicted molar refractivity (Wildman–Crippen MR) is 89.5 cm³/mol. The fourth-order valence-electron chi connectivity index (χ4n) is 4.11. The molecule has 2 aromatic heterocycles. The maximum atomic E-state index is 12.5. The molecule has 25 heavy (non-hydrogen) atoms. The Balaban J connectivity index is 1.31. The van der Waals surface area contributed by atoms with Crippen molar-refractivity contribution in [2.75, 3.05) is 13.1 Å². The number of aromatic nitrogens is 4. The van der Waals surface area contributed by atoms with Crippen molar-refractivity contribution in [1.29, 1.82) is 0 Å². The summed E-state index contributed by atoms with van der Waals surface area (Å²) in [7, 11) is 0. The molecule has 3 atom stereocenters. The molecule has 2 fully saturated rings. The maximum absolute atomic E-state index is 12.5. The lowest BCUT2D eigenvalue weighted by atomic mass is 9.79. The number of aromatic amines is 2. The Bertz CT molecular complexity index is 726. The van der Waals surface area contributed by atoms with Crippen molar-refractivity contribution in [2.45, 2.75) is 31.7 Å². The number of hydrogen-bond donors (Lipinski definition) is 3. The summed E-state index contributed by atoms with van der Waals surface area (Å²) in [6, 6.07) is 3.72. The van der Waals surface area contributed by atoms with Gasteiger partial charge in [0.2, 0.25) is 5.91 Å². The third kappa shape index (κ3) is 3.42. The number of H-pyrrole nitrogens is 2. The van der Waals surface area contributed by atoms with Gasteiger partial charge in [0.05, 0.1) is 6.42 Å². The van der Waals surface area contributed by atoms with E-state index >= 15 is 0 Å². The number of fused-ring (bicyclic) bond motifs is 1. The molecule has 2 amide bonds.